The van der Waals surface area contributed by atoms with Crippen LogP contribution in [-0.2, 0) is 4.79 Å². The number of benzene rings is 2. The number of ether oxygens (including phenoxy) is 2. The largest absolute Gasteiger partial charge is 0.486 e. The number of carbonyl (C=O) groups is 1. The Morgan fingerprint density at radius 1 is 1.07 bits per heavy atom. The standard InChI is InChI=1S/C22H14Cl2N2O4/c23-17-3-1-2-16(21(17)24)18-7-5-15(30-18)10-13(12-25)22(27)26-14-4-6-19-20(11-14)29-9-8-28-19/h1-7,10-11H,8-9H2,(H,26,27). The van der Waals surface area contributed by atoms with Crippen molar-refractivity contribution < 1.29 is 18.7 Å². The van der Waals surface area contributed by atoms with E-state index in [1.807, 2.05) is 6.07 Å². The van der Waals surface area contributed by atoms with Gasteiger partial charge < -0.3 is 19.2 Å². The number of hydrogen-bond donors (Lipinski definition) is 1. The molecule has 2 aromatic carbocycles. The van der Waals surface area contributed by atoms with Gasteiger partial charge in [-0.15, -0.1) is 0 Å². The number of anilines is 1. The molecule has 1 aromatic heterocycles. The third kappa shape index (κ3) is 4.13. The molecule has 0 unspecified atom stereocenters. The Bertz CT molecular complexity index is 1190. The fourth-order valence-corrected chi connectivity index (χ4v) is 3.27. The fourth-order valence-electron chi connectivity index (χ4n) is 2.88. The minimum Gasteiger partial charge on any atom is -0.486 e. The second kappa shape index (κ2) is 8.54. The van der Waals surface area contributed by atoms with Crippen molar-refractivity contribution in [3.63, 3.8) is 0 Å². The summed E-state index contributed by atoms with van der Waals surface area (Å²) in [5, 5.41) is 12.9. The van der Waals surface area contributed by atoms with Gasteiger partial charge in [0.25, 0.3) is 5.91 Å². The molecule has 0 saturated carbocycles. The second-order valence-corrected chi connectivity index (χ2v) is 7.07. The van der Waals surface area contributed by atoms with Gasteiger partial charge in [-0.3, -0.25) is 4.79 Å². The molecular formula is C22H14Cl2N2O4. The van der Waals surface area contributed by atoms with Crippen LogP contribution in [-0.4, -0.2) is 19.1 Å². The van der Waals surface area contributed by atoms with E-state index in [2.05, 4.69) is 5.32 Å². The summed E-state index contributed by atoms with van der Waals surface area (Å²) in [6, 6.07) is 15.4. The minimum absolute atomic E-state index is 0.122. The van der Waals surface area contributed by atoms with Crippen LogP contribution < -0.4 is 14.8 Å². The number of fused-ring (bicyclic) bond motifs is 1. The molecule has 0 aliphatic carbocycles. The van der Waals surface area contributed by atoms with E-state index in [-0.39, 0.29) is 5.57 Å². The molecule has 6 nitrogen and oxygen atoms in total. The van der Waals surface area contributed by atoms with Crippen molar-refractivity contribution in [2.24, 2.45) is 0 Å². The number of nitrogens with one attached hydrogen (secondary N) is 1. The number of hydrogen-bond acceptors (Lipinski definition) is 5. The molecule has 0 atom stereocenters. The van der Waals surface area contributed by atoms with E-state index in [4.69, 9.17) is 37.1 Å². The Kier molecular flexibility index (Phi) is 5.66. The number of amides is 1. The summed E-state index contributed by atoms with van der Waals surface area (Å²) in [5.41, 5.74) is 0.974. The van der Waals surface area contributed by atoms with Gasteiger partial charge in [0.2, 0.25) is 0 Å². The lowest BCUT2D eigenvalue weighted by Crippen LogP contribution is -2.17. The minimum atomic E-state index is -0.576. The summed E-state index contributed by atoms with van der Waals surface area (Å²) in [6.07, 6.45) is 1.36. The first-order valence-electron chi connectivity index (χ1n) is 8.92. The summed E-state index contributed by atoms with van der Waals surface area (Å²) in [4.78, 5) is 12.5. The van der Waals surface area contributed by atoms with Crippen LogP contribution in [0.1, 0.15) is 5.76 Å². The number of carbonyl (C=O) groups excluding carboxylic acids is 1. The van der Waals surface area contributed by atoms with Crippen molar-refractivity contribution in [1.29, 1.82) is 5.26 Å². The van der Waals surface area contributed by atoms with Gasteiger partial charge in [0.05, 0.1) is 10.0 Å². The predicted molar refractivity (Wildman–Crippen MR) is 114 cm³/mol. The van der Waals surface area contributed by atoms with Gasteiger partial charge in [0, 0.05) is 23.4 Å². The van der Waals surface area contributed by atoms with Crippen molar-refractivity contribution in [1.82, 2.24) is 0 Å². The van der Waals surface area contributed by atoms with Crippen LogP contribution in [0.15, 0.2) is 58.5 Å². The lowest BCUT2D eigenvalue weighted by molar-refractivity contribution is -0.112. The highest BCUT2D eigenvalue weighted by Gasteiger charge is 2.16. The number of halogens is 2. The first-order valence-corrected chi connectivity index (χ1v) is 9.68. The van der Waals surface area contributed by atoms with Crippen molar-refractivity contribution in [3.8, 4) is 28.9 Å². The summed E-state index contributed by atoms with van der Waals surface area (Å²) in [6.45, 7) is 0.913. The highest BCUT2D eigenvalue weighted by molar-refractivity contribution is 6.43. The Morgan fingerprint density at radius 2 is 1.87 bits per heavy atom. The van der Waals surface area contributed by atoms with Crippen molar-refractivity contribution in [2.45, 2.75) is 0 Å². The molecule has 1 aliphatic rings. The lowest BCUT2D eigenvalue weighted by atomic mass is 10.2. The van der Waals surface area contributed by atoms with E-state index in [0.717, 1.165) is 0 Å². The van der Waals surface area contributed by atoms with E-state index in [9.17, 15) is 10.1 Å². The topological polar surface area (TPSA) is 84.5 Å². The smallest absolute Gasteiger partial charge is 0.266 e. The molecule has 1 aliphatic heterocycles. The van der Waals surface area contributed by atoms with Crippen molar-refractivity contribution >= 4 is 40.9 Å². The maximum absolute atomic E-state index is 12.5. The molecule has 1 N–H and O–H groups in total. The zero-order chi connectivity index (χ0) is 21.1. The molecule has 0 saturated heterocycles. The van der Waals surface area contributed by atoms with Gasteiger partial charge in [-0.25, -0.2) is 0 Å². The fraction of sp³-hybridized carbons (Fsp3) is 0.0909. The SMILES string of the molecule is N#CC(=Cc1ccc(-c2cccc(Cl)c2Cl)o1)C(=O)Nc1ccc2c(c1)OCCO2. The molecule has 0 fully saturated rings. The quantitative estimate of drug-likeness (QED) is 0.423. The lowest BCUT2D eigenvalue weighted by Gasteiger charge is -2.18. The van der Waals surface area contributed by atoms with E-state index < -0.39 is 5.91 Å². The summed E-state index contributed by atoms with van der Waals surface area (Å²) < 4.78 is 16.7. The van der Waals surface area contributed by atoms with E-state index in [1.54, 1.807) is 48.5 Å². The zero-order valence-corrected chi connectivity index (χ0v) is 17.0. The van der Waals surface area contributed by atoms with Gasteiger partial charge in [-0.2, -0.15) is 5.26 Å². The van der Waals surface area contributed by atoms with Crippen LogP contribution in [0.3, 0.4) is 0 Å². The van der Waals surface area contributed by atoms with Crippen LogP contribution in [0, 0.1) is 11.3 Å². The summed E-state index contributed by atoms with van der Waals surface area (Å²) >= 11 is 12.3. The molecule has 1 amide bonds. The molecule has 0 radical (unpaired) electrons. The average Bonchev–Trinajstić information content (AvgIpc) is 3.22. The molecule has 4 rings (SSSR count). The Balaban J connectivity index is 1.54. The monoisotopic (exact) mass is 440 g/mol. The highest BCUT2D eigenvalue weighted by atomic mass is 35.5. The molecule has 2 heterocycles. The molecular weight excluding hydrogens is 427 g/mol. The molecule has 30 heavy (non-hydrogen) atoms. The average molecular weight is 441 g/mol. The van der Waals surface area contributed by atoms with Gasteiger partial charge in [0.15, 0.2) is 11.5 Å². The van der Waals surface area contributed by atoms with Gasteiger partial charge in [0.1, 0.15) is 36.4 Å². The number of rotatable bonds is 4. The van der Waals surface area contributed by atoms with Crippen LogP contribution >= 0.6 is 23.2 Å². The number of nitriles is 1. The third-order valence-electron chi connectivity index (χ3n) is 4.30. The highest BCUT2D eigenvalue weighted by Crippen LogP contribution is 2.35. The second-order valence-electron chi connectivity index (χ2n) is 6.29. The summed E-state index contributed by atoms with van der Waals surface area (Å²) in [7, 11) is 0. The Hall–Kier alpha value is -3.40. The van der Waals surface area contributed by atoms with E-state index in [0.29, 0.717) is 57.5 Å². The molecule has 3 aromatic rings. The molecule has 150 valence electrons. The van der Waals surface area contributed by atoms with Crippen LogP contribution in [0.4, 0.5) is 5.69 Å². The van der Waals surface area contributed by atoms with E-state index >= 15 is 0 Å². The normalized spacial score (nSPS) is 12.9. The number of furan rings is 1. The molecule has 0 bridgehead atoms. The molecule has 0 spiro atoms. The first kappa shape index (κ1) is 19.9. The van der Waals surface area contributed by atoms with Crippen LogP contribution in [0.2, 0.25) is 10.0 Å². The predicted octanol–water partition coefficient (Wildman–Crippen LogP) is 5.57. The maximum atomic E-state index is 12.5. The number of nitrogens with zero attached hydrogens (tertiary/aromatic N) is 1. The van der Waals surface area contributed by atoms with Crippen molar-refractivity contribution in [2.75, 3.05) is 18.5 Å². The van der Waals surface area contributed by atoms with Crippen LogP contribution in [0.25, 0.3) is 17.4 Å². The zero-order valence-electron chi connectivity index (χ0n) is 15.4. The maximum Gasteiger partial charge on any atom is 0.266 e. The van der Waals surface area contributed by atoms with Gasteiger partial charge in [-0.1, -0.05) is 29.3 Å². The van der Waals surface area contributed by atoms with Gasteiger partial charge >= 0.3 is 0 Å². The Labute approximate surface area is 182 Å². The van der Waals surface area contributed by atoms with Crippen LogP contribution in [0.5, 0.6) is 11.5 Å². The summed E-state index contributed by atoms with van der Waals surface area (Å²) in [5.74, 6) is 1.37. The Morgan fingerprint density at radius 3 is 2.67 bits per heavy atom. The third-order valence-corrected chi connectivity index (χ3v) is 5.11. The molecule has 8 heteroatoms. The first-order chi connectivity index (χ1) is 14.5. The van der Waals surface area contributed by atoms with Gasteiger partial charge in [-0.05, 0) is 36.4 Å². The van der Waals surface area contributed by atoms with Crippen molar-refractivity contribution in [3.05, 3.63) is 69.9 Å². The van der Waals surface area contributed by atoms with E-state index in [1.165, 1.54) is 6.08 Å².